The molecule has 3 rings (SSSR count). The van der Waals surface area contributed by atoms with Crippen molar-refractivity contribution in [3.8, 4) is 17.1 Å². The number of aromatic nitrogens is 3. The molecule has 0 fully saturated rings. The highest BCUT2D eigenvalue weighted by Crippen LogP contribution is 2.31. The van der Waals surface area contributed by atoms with Crippen molar-refractivity contribution in [2.24, 2.45) is 7.05 Å². The SMILES string of the molecule is Cn1c(-c2ccccc2Cl)nnc1C(C)(C)Oc1ccccc1. The van der Waals surface area contributed by atoms with Crippen LogP contribution in [0.2, 0.25) is 5.02 Å². The van der Waals surface area contributed by atoms with Gasteiger partial charge in [0.1, 0.15) is 5.75 Å². The maximum absolute atomic E-state index is 6.27. The van der Waals surface area contributed by atoms with Gasteiger partial charge in [-0.3, -0.25) is 0 Å². The van der Waals surface area contributed by atoms with Gasteiger partial charge in [-0.05, 0) is 38.1 Å². The van der Waals surface area contributed by atoms with Gasteiger partial charge in [-0.25, -0.2) is 0 Å². The van der Waals surface area contributed by atoms with E-state index in [-0.39, 0.29) is 0 Å². The predicted octanol–water partition coefficient (Wildman–Crippen LogP) is 4.45. The lowest BCUT2D eigenvalue weighted by atomic mass is 10.1. The van der Waals surface area contributed by atoms with Crippen LogP contribution >= 0.6 is 11.6 Å². The second-order valence-corrected chi connectivity index (χ2v) is 6.22. The average molecular weight is 328 g/mol. The molecule has 118 valence electrons. The standard InChI is InChI=1S/C18H18ClN3O/c1-18(2,23-13-9-5-4-6-10-13)17-21-20-16(22(17)3)14-11-7-8-12-15(14)19/h4-12H,1-3H3. The van der Waals surface area contributed by atoms with Crippen LogP contribution in [0.1, 0.15) is 19.7 Å². The molecule has 0 saturated carbocycles. The normalized spacial score (nSPS) is 11.5. The van der Waals surface area contributed by atoms with Gasteiger partial charge in [0.25, 0.3) is 0 Å². The molecule has 0 N–H and O–H groups in total. The number of para-hydroxylation sites is 1. The lowest BCUT2D eigenvalue weighted by Crippen LogP contribution is -2.29. The van der Waals surface area contributed by atoms with E-state index in [0.29, 0.717) is 5.02 Å². The van der Waals surface area contributed by atoms with Gasteiger partial charge in [-0.15, -0.1) is 10.2 Å². The van der Waals surface area contributed by atoms with Crippen LogP contribution < -0.4 is 4.74 Å². The third-order valence-corrected chi connectivity index (χ3v) is 3.97. The second kappa shape index (κ2) is 6.05. The first-order valence-electron chi connectivity index (χ1n) is 7.38. The molecule has 0 aliphatic heterocycles. The smallest absolute Gasteiger partial charge is 0.176 e. The van der Waals surface area contributed by atoms with Gasteiger partial charge >= 0.3 is 0 Å². The van der Waals surface area contributed by atoms with E-state index in [1.807, 2.05) is 80.1 Å². The summed E-state index contributed by atoms with van der Waals surface area (Å²) in [5.74, 6) is 2.24. The summed E-state index contributed by atoms with van der Waals surface area (Å²) in [6.45, 7) is 3.95. The molecule has 4 nitrogen and oxygen atoms in total. The fourth-order valence-electron chi connectivity index (χ4n) is 2.56. The topological polar surface area (TPSA) is 39.9 Å². The molecular formula is C18H18ClN3O. The monoisotopic (exact) mass is 327 g/mol. The largest absolute Gasteiger partial charge is 0.480 e. The fraction of sp³-hybridized carbons (Fsp3) is 0.222. The molecule has 3 aromatic rings. The number of benzene rings is 2. The maximum Gasteiger partial charge on any atom is 0.176 e. The Morgan fingerprint density at radius 3 is 2.30 bits per heavy atom. The van der Waals surface area contributed by atoms with Crippen molar-refractivity contribution < 1.29 is 4.74 Å². The lowest BCUT2D eigenvalue weighted by molar-refractivity contribution is 0.0950. The summed E-state index contributed by atoms with van der Waals surface area (Å²) in [4.78, 5) is 0. The van der Waals surface area contributed by atoms with E-state index in [9.17, 15) is 0 Å². The van der Waals surface area contributed by atoms with Gasteiger partial charge in [0.2, 0.25) is 0 Å². The fourth-order valence-corrected chi connectivity index (χ4v) is 2.78. The summed E-state index contributed by atoms with van der Waals surface area (Å²) < 4.78 is 8.01. The van der Waals surface area contributed by atoms with Gasteiger partial charge in [0, 0.05) is 12.6 Å². The van der Waals surface area contributed by atoms with Crippen molar-refractivity contribution in [3.63, 3.8) is 0 Å². The summed E-state index contributed by atoms with van der Waals surface area (Å²) >= 11 is 6.27. The van der Waals surface area contributed by atoms with E-state index in [4.69, 9.17) is 16.3 Å². The molecule has 23 heavy (non-hydrogen) atoms. The minimum absolute atomic E-state index is 0.622. The molecule has 0 amide bonds. The third kappa shape index (κ3) is 3.08. The van der Waals surface area contributed by atoms with Gasteiger partial charge in [0.05, 0.1) is 5.02 Å². The van der Waals surface area contributed by atoms with E-state index < -0.39 is 5.60 Å². The molecule has 0 atom stereocenters. The minimum atomic E-state index is -0.622. The van der Waals surface area contributed by atoms with Crippen molar-refractivity contribution in [3.05, 3.63) is 65.4 Å². The van der Waals surface area contributed by atoms with Crippen LogP contribution in [0.5, 0.6) is 5.75 Å². The van der Waals surface area contributed by atoms with Crippen molar-refractivity contribution in [1.29, 1.82) is 0 Å². The van der Waals surface area contributed by atoms with Gasteiger partial charge < -0.3 is 9.30 Å². The zero-order valence-corrected chi connectivity index (χ0v) is 14.1. The molecule has 0 radical (unpaired) electrons. The summed E-state index contributed by atoms with van der Waals surface area (Å²) in [6.07, 6.45) is 0. The summed E-state index contributed by atoms with van der Waals surface area (Å²) in [5, 5.41) is 9.28. The lowest BCUT2D eigenvalue weighted by Gasteiger charge is -2.25. The van der Waals surface area contributed by atoms with E-state index in [1.165, 1.54) is 0 Å². The molecule has 1 heterocycles. The van der Waals surface area contributed by atoms with E-state index >= 15 is 0 Å². The van der Waals surface area contributed by atoms with Crippen LogP contribution in [0.15, 0.2) is 54.6 Å². The first kappa shape index (κ1) is 15.6. The minimum Gasteiger partial charge on any atom is -0.480 e. The van der Waals surface area contributed by atoms with Gasteiger partial charge in [0.15, 0.2) is 17.2 Å². The molecule has 0 spiro atoms. The Hall–Kier alpha value is -2.33. The summed E-state index contributed by atoms with van der Waals surface area (Å²) in [6, 6.07) is 17.3. The zero-order chi connectivity index (χ0) is 16.4. The first-order valence-corrected chi connectivity index (χ1v) is 7.75. The Morgan fingerprint density at radius 1 is 0.957 bits per heavy atom. The number of halogens is 1. The molecule has 1 aromatic heterocycles. The van der Waals surface area contributed by atoms with E-state index in [1.54, 1.807) is 0 Å². The highest BCUT2D eigenvalue weighted by atomic mass is 35.5. The molecule has 0 saturated heterocycles. The van der Waals surface area contributed by atoms with Crippen molar-refractivity contribution in [2.75, 3.05) is 0 Å². The molecule has 0 aliphatic rings. The Bertz CT molecular complexity index is 812. The number of ether oxygens (including phenoxy) is 1. The van der Waals surface area contributed by atoms with Crippen molar-refractivity contribution in [1.82, 2.24) is 14.8 Å². The summed E-state index contributed by atoms with van der Waals surface area (Å²) in [7, 11) is 1.92. The molecule has 0 aliphatic carbocycles. The summed E-state index contributed by atoms with van der Waals surface area (Å²) in [5.41, 5.74) is 0.230. The van der Waals surface area contributed by atoms with Crippen molar-refractivity contribution >= 4 is 11.6 Å². The second-order valence-electron chi connectivity index (χ2n) is 5.81. The molecular weight excluding hydrogens is 310 g/mol. The van der Waals surface area contributed by atoms with Crippen LogP contribution in [0, 0.1) is 0 Å². The quantitative estimate of drug-likeness (QED) is 0.710. The predicted molar refractivity (Wildman–Crippen MR) is 91.5 cm³/mol. The van der Waals surface area contributed by atoms with Crippen LogP contribution in [-0.4, -0.2) is 14.8 Å². The number of hydrogen-bond donors (Lipinski definition) is 0. The Kier molecular flexibility index (Phi) is 4.09. The van der Waals surface area contributed by atoms with Crippen LogP contribution in [0.3, 0.4) is 0 Å². The molecule has 0 bridgehead atoms. The van der Waals surface area contributed by atoms with Crippen LogP contribution in [0.4, 0.5) is 0 Å². The maximum atomic E-state index is 6.27. The number of nitrogens with zero attached hydrogens (tertiary/aromatic N) is 3. The van der Waals surface area contributed by atoms with E-state index in [0.717, 1.165) is 23.0 Å². The van der Waals surface area contributed by atoms with Crippen LogP contribution in [0.25, 0.3) is 11.4 Å². The third-order valence-electron chi connectivity index (χ3n) is 3.64. The molecule has 2 aromatic carbocycles. The Labute approximate surface area is 140 Å². The number of hydrogen-bond acceptors (Lipinski definition) is 3. The average Bonchev–Trinajstić information content (AvgIpc) is 2.91. The Morgan fingerprint density at radius 2 is 1.61 bits per heavy atom. The van der Waals surface area contributed by atoms with Crippen LogP contribution in [-0.2, 0) is 12.6 Å². The molecule has 5 heteroatoms. The number of rotatable bonds is 4. The highest BCUT2D eigenvalue weighted by molar-refractivity contribution is 6.33. The zero-order valence-electron chi connectivity index (χ0n) is 13.3. The molecule has 0 unspecified atom stereocenters. The van der Waals surface area contributed by atoms with Crippen molar-refractivity contribution in [2.45, 2.75) is 19.4 Å². The van der Waals surface area contributed by atoms with Gasteiger partial charge in [-0.1, -0.05) is 41.9 Å². The van der Waals surface area contributed by atoms with Gasteiger partial charge in [-0.2, -0.15) is 0 Å². The first-order chi connectivity index (χ1) is 11.0. The highest BCUT2D eigenvalue weighted by Gasteiger charge is 2.30. The Balaban J connectivity index is 1.97. The van der Waals surface area contributed by atoms with E-state index in [2.05, 4.69) is 10.2 Å².